The molecule has 2 aliphatic rings. The number of aliphatic hydroxyl groups is 1. The first-order chi connectivity index (χ1) is 5.25. The van der Waals surface area contributed by atoms with Crippen LogP contribution in [0.25, 0.3) is 0 Å². The number of hydrogen-bond donors (Lipinski definition) is 1. The van der Waals surface area contributed by atoms with Crippen LogP contribution in [0.1, 0.15) is 39.0 Å². The molecule has 2 fully saturated rings. The molecule has 11 heavy (non-hydrogen) atoms. The summed E-state index contributed by atoms with van der Waals surface area (Å²) in [5.74, 6) is 2.88. The van der Waals surface area contributed by atoms with E-state index in [1.165, 1.54) is 25.7 Å². The quantitative estimate of drug-likeness (QED) is 0.646. The van der Waals surface area contributed by atoms with Crippen LogP contribution < -0.4 is 0 Å². The van der Waals surface area contributed by atoms with Gasteiger partial charge in [0.05, 0.1) is 6.10 Å². The van der Waals surface area contributed by atoms with Gasteiger partial charge in [-0.3, -0.25) is 0 Å². The van der Waals surface area contributed by atoms with Gasteiger partial charge in [0.2, 0.25) is 0 Å². The molecule has 1 nitrogen and oxygen atoms in total. The molecule has 0 saturated heterocycles. The highest BCUT2D eigenvalue weighted by Gasteiger charge is 2.39. The smallest absolute Gasteiger partial charge is 0.0514 e. The number of hydrogen-bond acceptors (Lipinski definition) is 1. The number of rotatable bonds is 2. The van der Waals surface area contributed by atoms with Crippen molar-refractivity contribution in [1.29, 1.82) is 0 Å². The van der Waals surface area contributed by atoms with E-state index in [0.29, 0.717) is 0 Å². The lowest BCUT2D eigenvalue weighted by Crippen LogP contribution is -2.16. The normalized spacial score (nSPS) is 44.7. The zero-order valence-corrected chi connectivity index (χ0v) is 7.29. The van der Waals surface area contributed by atoms with Gasteiger partial charge in [0.1, 0.15) is 0 Å². The highest BCUT2D eigenvalue weighted by molar-refractivity contribution is 4.90. The third kappa shape index (κ3) is 1.44. The van der Waals surface area contributed by atoms with Gasteiger partial charge in [0.25, 0.3) is 0 Å². The average molecular weight is 154 g/mol. The molecule has 0 amide bonds. The standard InChI is InChI=1S/C10H18O/c1-7(11)4-10-6-8-2-3-9(10)5-8/h7-11H,2-6H2,1H3/t7-,8?,9?,10?/m1/s1. The SMILES string of the molecule is C[C@@H](O)CC1CC2CCC1C2. The lowest BCUT2D eigenvalue weighted by molar-refractivity contribution is 0.140. The van der Waals surface area contributed by atoms with Crippen molar-refractivity contribution in [1.82, 2.24) is 0 Å². The Morgan fingerprint density at radius 2 is 2.18 bits per heavy atom. The van der Waals surface area contributed by atoms with E-state index in [1.807, 2.05) is 6.92 Å². The molecule has 0 heterocycles. The maximum atomic E-state index is 9.24. The molecule has 0 spiro atoms. The lowest BCUT2D eigenvalue weighted by atomic mass is 9.85. The van der Waals surface area contributed by atoms with E-state index < -0.39 is 0 Å². The summed E-state index contributed by atoms with van der Waals surface area (Å²) in [6.45, 7) is 1.92. The van der Waals surface area contributed by atoms with E-state index >= 15 is 0 Å². The van der Waals surface area contributed by atoms with Crippen molar-refractivity contribution in [3.63, 3.8) is 0 Å². The van der Waals surface area contributed by atoms with E-state index in [-0.39, 0.29) is 6.10 Å². The molecule has 2 rings (SSSR count). The second kappa shape index (κ2) is 2.78. The van der Waals surface area contributed by atoms with E-state index in [2.05, 4.69) is 0 Å². The Balaban J connectivity index is 1.87. The molecular weight excluding hydrogens is 136 g/mol. The minimum absolute atomic E-state index is 0.0700. The van der Waals surface area contributed by atoms with Crippen LogP contribution >= 0.6 is 0 Å². The third-order valence-corrected chi connectivity index (χ3v) is 3.53. The minimum Gasteiger partial charge on any atom is -0.393 e. The van der Waals surface area contributed by atoms with Crippen LogP contribution in [-0.2, 0) is 0 Å². The Morgan fingerprint density at radius 1 is 1.36 bits per heavy atom. The highest BCUT2D eigenvalue weighted by atomic mass is 16.3. The van der Waals surface area contributed by atoms with Crippen molar-refractivity contribution in [3.05, 3.63) is 0 Å². The van der Waals surface area contributed by atoms with E-state index in [0.717, 1.165) is 24.2 Å². The fourth-order valence-electron chi connectivity index (χ4n) is 3.10. The van der Waals surface area contributed by atoms with E-state index in [1.54, 1.807) is 0 Å². The Hall–Kier alpha value is -0.0400. The monoisotopic (exact) mass is 154 g/mol. The summed E-state index contributed by atoms with van der Waals surface area (Å²) in [6, 6.07) is 0. The van der Waals surface area contributed by atoms with Crippen LogP contribution in [0.4, 0.5) is 0 Å². The van der Waals surface area contributed by atoms with Gasteiger partial charge >= 0.3 is 0 Å². The first kappa shape index (κ1) is 7.60. The molecule has 1 N–H and O–H groups in total. The topological polar surface area (TPSA) is 20.2 Å². The van der Waals surface area contributed by atoms with Crippen molar-refractivity contribution >= 4 is 0 Å². The zero-order chi connectivity index (χ0) is 7.84. The first-order valence-corrected chi connectivity index (χ1v) is 4.93. The Kier molecular flexibility index (Phi) is 1.92. The highest BCUT2D eigenvalue weighted by Crippen LogP contribution is 2.49. The van der Waals surface area contributed by atoms with Crippen molar-refractivity contribution in [3.8, 4) is 0 Å². The summed E-state index contributed by atoms with van der Waals surface area (Å²) in [6.07, 6.45) is 6.79. The van der Waals surface area contributed by atoms with Crippen LogP contribution in [0.2, 0.25) is 0 Å². The van der Waals surface area contributed by atoms with Crippen LogP contribution in [0.15, 0.2) is 0 Å². The van der Waals surface area contributed by atoms with Crippen LogP contribution in [0.5, 0.6) is 0 Å². The van der Waals surface area contributed by atoms with Gasteiger partial charge in [-0.05, 0) is 50.4 Å². The van der Waals surface area contributed by atoms with Gasteiger partial charge in [-0.15, -0.1) is 0 Å². The maximum Gasteiger partial charge on any atom is 0.0514 e. The molecule has 0 aromatic carbocycles. The lowest BCUT2D eigenvalue weighted by Gasteiger charge is -2.22. The van der Waals surface area contributed by atoms with Crippen LogP contribution in [0.3, 0.4) is 0 Å². The molecule has 1 heteroatoms. The van der Waals surface area contributed by atoms with E-state index in [4.69, 9.17) is 0 Å². The predicted molar refractivity (Wildman–Crippen MR) is 45.2 cm³/mol. The van der Waals surface area contributed by atoms with Crippen LogP contribution in [-0.4, -0.2) is 11.2 Å². The van der Waals surface area contributed by atoms with Gasteiger partial charge in [-0.25, -0.2) is 0 Å². The van der Waals surface area contributed by atoms with Crippen molar-refractivity contribution < 1.29 is 5.11 Å². The Labute approximate surface area is 68.8 Å². The molecule has 2 bridgehead atoms. The molecule has 4 atom stereocenters. The first-order valence-electron chi connectivity index (χ1n) is 4.93. The molecular formula is C10H18O. The van der Waals surface area contributed by atoms with Gasteiger partial charge in [0.15, 0.2) is 0 Å². The summed E-state index contributed by atoms with van der Waals surface area (Å²) >= 11 is 0. The van der Waals surface area contributed by atoms with Crippen molar-refractivity contribution in [2.24, 2.45) is 17.8 Å². The molecule has 0 radical (unpaired) electrons. The number of aliphatic hydroxyl groups excluding tert-OH is 1. The number of fused-ring (bicyclic) bond motifs is 2. The molecule has 64 valence electrons. The second-order valence-corrected chi connectivity index (χ2v) is 4.52. The fourth-order valence-corrected chi connectivity index (χ4v) is 3.10. The molecule has 2 aliphatic carbocycles. The third-order valence-electron chi connectivity index (χ3n) is 3.53. The molecule has 0 aliphatic heterocycles. The fraction of sp³-hybridized carbons (Fsp3) is 1.00. The van der Waals surface area contributed by atoms with Gasteiger partial charge in [-0.1, -0.05) is 6.42 Å². The van der Waals surface area contributed by atoms with Crippen molar-refractivity contribution in [2.75, 3.05) is 0 Å². The molecule has 0 aromatic heterocycles. The second-order valence-electron chi connectivity index (χ2n) is 4.52. The summed E-state index contributed by atoms with van der Waals surface area (Å²) in [5, 5.41) is 9.24. The summed E-state index contributed by atoms with van der Waals surface area (Å²) in [7, 11) is 0. The Bertz CT molecular complexity index is 142. The molecule has 3 unspecified atom stereocenters. The zero-order valence-electron chi connectivity index (χ0n) is 7.29. The van der Waals surface area contributed by atoms with Crippen molar-refractivity contribution in [2.45, 2.75) is 45.1 Å². The summed E-state index contributed by atoms with van der Waals surface area (Å²) in [5.41, 5.74) is 0. The summed E-state index contributed by atoms with van der Waals surface area (Å²) < 4.78 is 0. The predicted octanol–water partition coefficient (Wildman–Crippen LogP) is 2.19. The van der Waals surface area contributed by atoms with Gasteiger partial charge in [-0.2, -0.15) is 0 Å². The minimum atomic E-state index is -0.0700. The molecule has 2 saturated carbocycles. The van der Waals surface area contributed by atoms with E-state index in [9.17, 15) is 5.11 Å². The molecule has 0 aromatic rings. The average Bonchev–Trinajstić information content (AvgIpc) is 2.45. The maximum absolute atomic E-state index is 9.24. The van der Waals surface area contributed by atoms with Crippen LogP contribution in [0, 0.1) is 17.8 Å². The summed E-state index contributed by atoms with van der Waals surface area (Å²) in [4.78, 5) is 0. The van der Waals surface area contributed by atoms with Gasteiger partial charge < -0.3 is 5.11 Å². The largest absolute Gasteiger partial charge is 0.393 e. The van der Waals surface area contributed by atoms with Gasteiger partial charge in [0, 0.05) is 0 Å². The Morgan fingerprint density at radius 3 is 2.64 bits per heavy atom.